The van der Waals surface area contributed by atoms with Gasteiger partial charge in [0.15, 0.2) is 0 Å². The molecule has 5 heteroatoms. The normalized spacial score (nSPS) is 10.5. The number of hydrogen-bond acceptors (Lipinski definition) is 4. The van der Waals surface area contributed by atoms with Gasteiger partial charge in [0.05, 0.1) is 11.8 Å². The maximum Gasteiger partial charge on any atom is 0.223 e. The first-order chi connectivity index (χ1) is 5.75. The molecule has 0 atom stereocenters. The van der Waals surface area contributed by atoms with Gasteiger partial charge in [-0.3, -0.25) is 4.68 Å². The van der Waals surface area contributed by atoms with Gasteiger partial charge in [-0.15, -0.1) is 0 Å². The van der Waals surface area contributed by atoms with E-state index < -0.39 is 0 Å². The molecule has 0 aliphatic heterocycles. The zero-order valence-corrected chi connectivity index (χ0v) is 6.85. The smallest absolute Gasteiger partial charge is 0.223 e. The maximum atomic E-state index is 4.83. The molecule has 2 aromatic heterocycles. The number of hydrogen-bond donors (Lipinski definition) is 0. The Labute approximate surface area is 69.0 Å². The largest absolute Gasteiger partial charge is 0.339 e. The molecule has 0 unspecified atom stereocenters. The molecule has 0 fully saturated rings. The number of nitrogens with zero attached hydrogens (tertiary/aromatic N) is 4. The molecule has 0 radical (unpaired) electrons. The van der Waals surface area contributed by atoms with Gasteiger partial charge in [0.1, 0.15) is 0 Å². The van der Waals surface area contributed by atoms with Crippen molar-refractivity contribution in [1.29, 1.82) is 0 Å². The van der Waals surface area contributed by atoms with Crippen LogP contribution in [0.1, 0.15) is 5.89 Å². The van der Waals surface area contributed by atoms with Crippen LogP contribution in [-0.4, -0.2) is 19.9 Å². The Kier molecular flexibility index (Phi) is 1.43. The monoisotopic (exact) mass is 164 g/mol. The second-order valence-electron chi connectivity index (χ2n) is 2.54. The van der Waals surface area contributed by atoms with Crippen LogP contribution in [0.15, 0.2) is 16.9 Å². The molecule has 0 bridgehead atoms. The molecule has 0 aliphatic rings. The van der Waals surface area contributed by atoms with Gasteiger partial charge in [-0.1, -0.05) is 5.16 Å². The molecule has 5 nitrogen and oxygen atoms in total. The third kappa shape index (κ3) is 1.09. The second kappa shape index (κ2) is 2.44. The first-order valence-electron chi connectivity index (χ1n) is 3.55. The summed E-state index contributed by atoms with van der Waals surface area (Å²) in [6.45, 7) is 1.76. The molecule has 62 valence electrons. The third-order valence-corrected chi connectivity index (χ3v) is 1.49. The average molecular weight is 164 g/mol. The molecule has 2 heterocycles. The topological polar surface area (TPSA) is 56.7 Å². The van der Waals surface area contributed by atoms with Crippen molar-refractivity contribution < 1.29 is 4.52 Å². The van der Waals surface area contributed by atoms with Crippen LogP contribution in [0.3, 0.4) is 0 Å². The summed E-state index contributed by atoms with van der Waals surface area (Å²) in [5, 5.41) is 7.76. The fourth-order valence-corrected chi connectivity index (χ4v) is 0.953. The van der Waals surface area contributed by atoms with Crippen molar-refractivity contribution in [3.8, 4) is 11.4 Å². The Morgan fingerprint density at radius 2 is 2.33 bits per heavy atom. The van der Waals surface area contributed by atoms with Gasteiger partial charge >= 0.3 is 0 Å². The standard InChI is InChI=1S/C7H8N4O/c1-5-9-7(10-12-5)6-3-8-11(2)4-6/h3-4H,1-2H3. The summed E-state index contributed by atoms with van der Waals surface area (Å²) in [5.74, 6) is 1.15. The van der Waals surface area contributed by atoms with Crippen LogP contribution in [0.2, 0.25) is 0 Å². The Hall–Kier alpha value is -1.65. The van der Waals surface area contributed by atoms with Crippen molar-refractivity contribution in [3.63, 3.8) is 0 Å². The summed E-state index contributed by atoms with van der Waals surface area (Å²) in [7, 11) is 1.84. The Balaban J connectivity index is 2.43. The van der Waals surface area contributed by atoms with Crippen LogP contribution in [0.5, 0.6) is 0 Å². The quantitative estimate of drug-likeness (QED) is 0.624. The van der Waals surface area contributed by atoms with E-state index in [0.29, 0.717) is 11.7 Å². The Morgan fingerprint density at radius 1 is 1.50 bits per heavy atom. The summed E-state index contributed by atoms with van der Waals surface area (Å²) in [4.78, 5) is 4.06. The summed E-state index contributed by atoms with van der Waals surface area (Å²) < 4.78 is 6.53. The lowest BCUT2D eigenvalue weighted by atomic mass is 10.3. The predicted octanol–water partition coefficient (Wildman–Crippen LogP) is 0.779. The molecular formula is C7H8N4O. The van der Waals surface area contributed by atoms with E-state index in [-0.39, 0.29) is 0 Å². The van der Waals surface area contributed by atoms with Gasteiger partial charge in [-0.05, 0) is 0 Å². The molecule has 0 aromatic carbocycles. The highest BCUT2D eigenvalue weighted by atomic mass is 16.5. The first kappa shape index (κ1) is 7.02. The predicted molar refractivity (Wildman–Crippen MR) is 41.2 cm³/mol. The number of aryl methyl sites for hydroxylation is 2. The summed E-state index contributed by atoms with van der Waals surface area (Å²) in [6.07, 6.45) is 3.54. The molecule has 0 amide bonds. The molecule has 0 spiro atoms. The van der Waals surface area contributed by atoms with E-state index in [2.05, 4.69) is 15.2 Å². The van der Waals surface area contributed by atoms with Gasteiger partial charge < -0.3 is 4.52 Å². The van der Waals surface area contributed by atoms with E-state index in [4.69, 9.17) is 4.52 Å². The number of rotatable bonds is 1. The van der Waals surface area contributed by atoms with E-state index in [1.54, 1.807) is 17.8 Å². The molecule has 12 heavy (non-hydrogen) atoms. The number of aromatic nitrogens is 4. The summed E-state index contributed by atoms with van der Waals surface area (Å²) >= 11 is 0. The van der Waals surface area contributed by atoms with Crippen molar-refractivity contribution in [2.75, 3.05) is 0 Å². The maximum absolute atomic E-state index is 4.83. The lowest BCUT2D eigenvalue weighted by Gasteiger charge is -1.82. The van der Waals surface area contributed by atoms with Crippen LogP contribution in [0, 0.1) is 6.92 Å². The van der Waals surface area contributed by atoms with E-state index in [1.807, 2.05) is 13.2 Å². The molecule has 0 N–H and O–H groups in total. The van der Waals surface area contributed by atoms with Crippen LogP contribution >= 0.6 is 0 Å². The van der Waals surface area contributed by atoms with Gasteiger partial charge in [0.2, 0.25) is 11.7 Å². The van der Waals surface area contributed by atoms with Crippen LogP contribution in [0.4, 0.5) is 0 Å². The van der Waals surface area contributed by atoms with Crippen molar-refractivity contribution in [1.82, 2.24) is 19.9 Å². The SMILES string of the molecule is Cc1nc(-c2cnn(C)c2)no1. The molecule has 0 aliphatic carbocycles. The molecule has 2 aromatic rings. The van der Waals surface area contributed by atoms with Gasteiger partial charge in [-0.2, -0.15) is 10.1 Å². The zero-order chi connectivity index (χ0) is 8.55. The van der Waals surface area contributed by atoms with Crippen molar-refractivity contribution in [3.05, 3.63) is 18.3 Å². The molecular weight excluding hydrogens is 156 g/mol. The van der Waals surface area contributed by atoms with E-state index in [0.717, 1.165) is 5.56 Å². The first-order valence-corrected chi connectivity index (χ1v) is 3.55. The highest BCUT2D eigenvalue weighted by Gasteiger charge is 2.06. The van der Waals surface area contributed by atoms with E-state index >= 15 is 0 Å². The minimum atomic E-state index is 0.564. The summed E-state index contributed by atoms with van der Waals surface area (Å²) in [5.41, 5.74) is 0.870. The fourth-order valence-electron chi connectivity index (χ4n) is 0.953. The van der Waals surface area contributed by atoms with E-state index in [9.17, 15) is 0 Å². The molecule has 0 saturated heterocycles. The van der Waals surface area contributed by atoms with Gasteiger partial charge in [0, 0.05) is 20.2 Å². The minimum absolute atomic E-state index is 0.564. The van der Waals surface area contributed by atoms with Crippen molar-refractivity contribution in [2.45, 2.75) is 6.92 Å². The van der Waals surface area contributed by atoms with Gasteiger partial charge in [-0.25, -0.2) is 0 Å². The van der Waals surface area contributed by atoms with Gasteiger partial charge in [0.25, 0.3) is 0 Å². The Morgan fingerprint density at radius 3 is 2.83 bits per heavy atom. The highest BCUT2D eigenvalue weighted by molar-refractivity contribution is 5.50. The second-order valence-corrected chi connectivity index (χ2v) is 2.54. The van der Waals surface area contributed by atoms with Crippen molar-refractivity contribution in [2.24, 2.45) is 7.05 Å². The average Bonchev–Trinajstić information content (AvgIpc) is 2.58. The molecule has 2 rings (SSSR count). The molecule has 0 saturated carbocycles. The fraction of sp³-hybridized carbons (Fsp3) is 0.286. The zero-order valence-electron chi connectivity index (χ0n) is 6.85. The minimum Gasteiger partial charge on any atom is -0.339 e. The van der Waals surface area contributed by atoms with Crippen LogP contribution in [-0.2, 0) is 7.05 Å². The van der Waals surface area contributed by atoms with Crippen LogP contribution in [0.25, 0.3) is 11.4 Å². The lowest BCUT2D eigenvalue weighted by Crippen LogP contribution is -1.84. The highest BCUT2D eigenvalue weighted by Crippen LogP contribution is 2.12. The summed E-state index contributed by atoms with van der Waals surface area (Å²) in [6, 6.07) is 0. The third-order valence-electron chi connectivity index (χ3n) is 1.49. The lowest BCUT2D eigenvalue weighted by molar-refractivity contribution is 0.394. The Bertz CT molecular complexity index is 351. The van der Waals surface area contributed by atoms with E-state index in [1.165, 1.54) is 0 Å². The van der Waals surface area contributed by atoms with Crippen LogP contribution < -0.4 is 0 Å². The van der Waals surface area contributed by atoms with Crippen molar-refractivity contribution >= 4 is 0 Å².